The number of amides is 2. The maximum Gasteiger partial charge on any atom is 0.237 e. The van der Waals surface area contributed by atoms with E-state index >= 15 is 0 Å². The van der Waals surface area contributed by atoms with Crippen LogP contribution in [0.5, 0.6) is 0 Å². The van der Waals surface area contributed by atoms with E-state index in [1.165, 1.54) is 16.7 Å². The Morgan fingerprint density at radius 3 is 2.59 bits per heavy atom. The Bertz CT molecular complexity index is 1790. The minimum Gasteiger partial charge on any atom is -0.377 e. The van der Waals surface area contributed by atoms with E-state index in [2.05, 4.69) is 57.5 Å². The Morgan fingerprint density at radius 1 is 0.978 bits per heavy atom. The van der Waals surface area contributed by atoms with Crippen LogP contribution in [0.3, 0.4) is 0 Å². The zero-order chi connectivity index (χ0) is 31.3. The number of rotatable bonds is 6. The highest BCUT2D eigenvalue weighted by Crippen LogP contribution is 2.42. The van der Waals surface area contributed by atoms with Gasteiger partial charge in [0.05, 0.1) is 43.1 Å². The Hall–Kier alpha value is -4.48. The molecule has 1 aromatic carbocycles. The Morgan fingerprint density at radius 2 is 1.83 bits per heavy atom. The van der Waals surface area contributed by atoms with E-state index in [1.54, 1.807) is 11.0 Å². The van der Waals surface area contributed by atoms with Crippen LogP contribution >= 0.6 is 0 Å². The fraction of sp³-hybridized carbons (Fsp3) is 0.429. The summed E-state index contributed by atoms with van der Waals surface area (Å²) in [5, 5.41) is 4.38. The van der Waals surface area contributed by atoms with E-state index in [0.717, 1.165) is 54.8 Å². The predicted octanol–water partition coefficient (Wildman–Crippen LogP) is 3.27. The average molecular weight is 619 g/mol. The number of pyridine rings is 1. The van der Waals surface area contributed by atoms with Crippen molar-refractivity contribution in [3.05, 3.63) is 77.3 Å². The highest BCUT2D eigenvalue weighted by Gasteiger charge is 2.51. The fourth-order valence-corrected chi connectivity index (χ4v) is 7.46. The third-order valence-corrected chi connectivity index (χ3v) is 10.1. The summed E-state index contributed by atoms with van der Waals surface area (Å²) in [4.78, 5) is 47.3. The standard InChI is InChI=1S/C35H38N8O3/c1-40-23-37-33(39-40)27-4-2-24(3-5-27)25-8-14-42(15-9-25)30(44)21-41-16-12-35(22-41)13-17-43(34(35)45)29-7-6-28-20-36-31(32(28)38-29)26-10-18-46-19-11-26/h2-8,10,23H,9,11-22H2,1H3/t35-/m0/s1. The van der Waals surface area contributed by atoms with Crippen molar-refractivity contribution >= 4 is 28.9 Å². The molecule has 2 saturated heterocycles. The van der Waals surface area contributed by atoms with Gasteiger partial charge in [-0.15, -0.1) is 0 Å². The number of aryl methyl sites for hydroxylation is 1. The first-order valence-corrected chi connectivity index (χ1v) is 16.3. The normalized spacial score (nSPS) is 23.2. The molecular weight excluding hydrogens is 580 g/mol. The molecule has 5 aliphatic heterocycles. The van der Waals surface area contributed by atoms with Gasteiger partial charge in [0.25, 0.3) is 0 Å². The maximum atomic E-state index is 13.9. The molecule has 3 aromatic rings. The van der Waals surface area contributed by atoms with Gasteiger partial charge in [-0.25, -0.2) is 9.97 Å². The lowest BCUT2D eigenvalue weighted by Gasteiger charge is -2.29. The van der Waals surface area contributed by atoms with Crippen molar-refractivity contribution in [1.82, 2.24) is 29.5 Å². The topological polar surface area (TPSA) is 109 Å². The summed E-state index contributed by atoms with van der Waals surface area (Å²) < 4.78 is 7.18. The number of likely N-dealkylation sites (tertiary alicyclic amines) is 1. The monoisotopic (exact) mass is 618 g/mol. The molecular formula is C35H38N8O3. The molecule has 46 heavy (non-hydrogen) atoms. The second kappa shape index (κ2) is 11.7. The van der Waals surface area contributed by atoms with Crippen LogP contribution in [-0.2, 0) is 27.9 Å². The van der Waals surface area contributed by atoms with E-state index in [4.69, 9.17) is 14.7 Å². The molecule has 0 saturated carbocycles. The van der Waals surface area contributed by atoms with Crippen LogP contribution in [0.15, 0.2) is 65.4 Å². The summed E-state index contributed by atoms with van der Waals surface area (Å²) in [7, 11) is 1.86. The van der Waals surface area contributed by atoms with Gasteiger partial charge in [0, 0.05) is 44.4 Å². The van der Waals surface area contributed by atoms with Crippen LogP contribution in [0.1, 0.15) is 42.5 Å². The van der Waals surface area contributed by atoms with E-state index < -0.39 is 5.41 Å². The third kappa shape index (κ3) is 5.27. The van der Waals surface area contributed by atoms with Crippen LogP contribution in [0.2, 0.25) is 0 Å². The van der Waals surface area contributed by atoms with Gasteiger partial charge in [-0.05, 0) is 55.0 Å². The number of aromatic nitrogens is 4. The van der Waals surface area contributed by atoms with Crippen molar-refractivity contribution in [2.45, 2.75) is 32.2 Å². The number of anilines is 1. The number of aliphatic imine (C=N–C) groups is 1. The third-order valence-electron chi connectivity index (χ3n) is 10.1. The highest BCUT2D eigenvalue weighted by molar-refractivity contribution is 6.14. The summed E-state index contributed by atoms with van der Waals surface area (Å²) in [6.45, 7) is 5.58. The molecule has 1 spiro atoms. The van der Waals surface area contributed by atoms with Crippen molar-refractivity contribution in [1.29, 1.82) is 0 Å². The Labute approximate surface area is 268 Å². The summed E-state index contributed by atoms with van der Waals surface area (Å²) in [5.41, 5.74) is 7.09. The number of hydrogen-bond acceptors (Lipinski definition) is 8. The second-order valence-corrected chi connectivity index (χ2v) is 13.0. The van der Waals surface area contributed by atoms with Crippen molar-refractivity contribution in [2.75, 3.05) is 57.4 Å². The fourth-order valence-electron chi connectivity index (χ4n) is 7.46. The lowest BCUT2D eigenvalue weighted by Crippen LogP contribution is -2.43. The quantitative estimate of drug-likeness (QED) is 0.417. The smallest absolute Gasteiger partial charge is 0.237 e. The van der Waals surface area contributed by atoms with Gasteiger partial charge in [0.15, 0.2) is 5.82 Å². The number of hydrogen-bond donors (Lipinski definition) is 0. The zero-order valence-corrected chi connectivity index (χ0v) is 26.2. The molecule has 0 bridgehead atoms. The highest BCUT2D eigenvalue weighted by atomic mass is 16.5. The first-order valence-electron chi connectivity index (χ1n) is 16.3. The molecule has 236 valence electrons. The molecule has 11 heteroatoms. The average Bonchev–Trinajstić information content (AvgIpc) is 3.89. The Kier molecular flexibility index (Phi) is 7.37. The number of benzene rings is 1. The van der Waals surface area contributed by atoms with Crippen molar-refractivity contribution in [3.8, 4) is 11.4 Å². The van der Waals surface area contributed by atoms with Gasteiger partial charge in [-0.3, -0.25) is 29.1 Å². The molecule has 8 rings (SSSR count). The first kappa shape index (κ1) is 29.0. The van der Waals surface area contributed by atoms with Crippen LogP contribution < -0.4 is 4.90 Å². The number of nitrogens with zero attached hydrogens (tertiary/aromatic N) is 8. The van der Waals surface area contributed by atoms with Crippen molar-refractivity contribution in [2.24, 2.45) is 17.5 Å². The maximum absolute atomic E-state index is 13.9. The van der Waals surface area contributed by atoms with Crippen LogP contribution in [0, 0.1) is 5.41 Å². The molecule has 0 radical (unpaired) electrons. The van der Waals surface area contributed by atoms with Gasteiger partial charge in [0.1, 0.15) is 12.1 Å². The minimum atomic E-state index is -0.451. The SMILES string of the molecule is Cn1cnc(-c2ccc(C3=CCN(C(=O)CN4CC[C@]5(CCN(c6ccc7c(n6)C(C6=CCOCC6)=NC7)C5=O)C4)CC3)cc2)n1. The summed E-state index contributed by atoms with van der Waals surface area (Å²) in [6, 6.07) is 12.3. The zero-order valence-electron chi connectivity index (χ0n) is 26.2. The van der Waals surface area contributed by atoms with Crippen LogP contribution in [0.25, 0.3) is 17.0 Å². The predicted molar refractivity (Wildman–Crippen MR) is 174 cm³/mol. The van der Waals surface area contributed by atoms with Crippen molar-refractivity contribution in [3.63, 3.8) is 0 Å². The summed E-state index contributed by atoms with van der Waals surface area (Å²) in [5.74, 6) is 1.68. The van der Waals surface area contributed by atoms with Gasteiger partial charge in [-0.1, -0.05) is 42.5 Å². The van der Waals surface area contributed by atoms with Gasteiger partial charge in [-0.2, -0.15) is 5.10 Å². The molecule has 2 amide bonds. The summed E-state index contributed by atoms with van der Waals surface area (Å²) >= 11 is 0. The number of ether oxygens (including phenoxy) is 1. The van der Waals surface area contributed by atoms with E-state index in [9.17, 15) is 9.59 Å². The molecule has 0 aliphatic carbocycles. The van der Waals surface area contributed by atoms with Gasteiger partial charge < -0.3 is 9.64 Å². The molecule has 0 N–H and O–H groups in total. The van der Waals surface area contributed by atoms with E-state index in [1.807, 2.05) is 22.9 Å². The van der Waals surface area contributed by atoms with E-state index in [-0.39, 0.29) is 11.8 Å². The van der Waals surface area contributed by atoms with Crippen LogP contribution in [-0.4, -0.2) is 99.6 Å². The minimum absolute atomic E-state index is 0.126. The first-order chi connectivity index (χ1) is 22.5. The van der Waals surface area contributed by atoms with Crippen LogP contribution in [0.4, 0.5) is 5.82 Å². The summed E-state index contributed by atoms with van der Waals surface area (Å²) in [6.07, 6.45) is 9.16. The Balaban J connectivity index is 0.877. The molecule has 7 heterocycles. The molecule has 2 aromatic heterocycles. The van der Waals surface area contributed by atoms with Gasteiger partial charge in [0.2, 0.25) is 11.8 Å². The number of carbonyl (C=O) groups is 2. The van der Waals surface area contributed by atoms with Gasteiger partial charge >= 0.3 is 0 Å². The van der Waals surface area contributed by atoms with E-state index in [0.29, 0.717) is 64.1 Å². The molecule has 11 nitrogen and oxygen atoms in total. The number of fused-ring (bicyclic) bond motifs is 1. The van der Waals surface area contributed by atoms with Crippen molar-refractivity contribution < 1.29 is 14.3 Å². The molecule has 1 atom stereocenters. The molecule has 0 unspecified atom stereocenters. The second-order valence-electron chi connectivity index (χ2n) is 13.0. The lowest BCUT2D eigenvalue weighted by molar-refractivity contribution is -0.132. The number of carbonyl (C=O) groups excluding carboxylic acids is 2. The largest absolute Gasteiger partial charge is 0.377 e. The molecule has 5 aliphatic rings. The lowest BCUT2D eigenvalue weighted by atomic mass is 9.85. The molecule has 2 fully saturated rings.